The summed E-state index contributed by atoms with van der Waals surface area (Å²) in [5.74, 6) is 0.163. The number of nitrogens with one attached hydrogen (secondary N) is 1. The number of methoxy groups -OCH3 is 1. The smallest absolute Gasteiger partial charge is 0.325 e. The zero-order valence-corrected chi connectivity index (χ0v) is 20.4. The number of rotatable bonds is 7. The van der Waals surface area contributed by atoms with E-state index in [4.69, 9.17) is 13.9 Å². The maximum Gasteiger partial charge on any atom is 0.325 e. The number of hydrogen-bond acceptors (Lipinski definition) is 8. The van der Waals surface area contributed by atoms with Gasteiger partial charge in [0.05, 0.1) is 26.9 Å². The minimum Gasteiger partial charge on any atom is -0.497 e. The van der Waals surface area contributed by atoms with Crippen LogP contribution in [-0.2, 0) is 21.6 Å². The molecule has 37 heavy (non-hydrogen) atoms. The van der Waals surface area contributed by atoms with E-state index in [1.807, 2.05) is 6.07 Å². The number of furan rings is 1. The fourth-order valence-electron chi connectivity index (χ4n) is 5.22. The lowest BCUT2D eigenvalue weighted by Gasteiger charge is -2.30. The van der Waals surface area contributed by atoms with Crippen molar-refractivity contribution in [2.24, 2.45) is 0 Å². The van der Waals surface area contributed by atoms with Crippen molar-refractivity contribution in [2.75, 3.05) is 53.0 Å². The third-order valence-electron chi connectivity index (χ3n) is 7.28. The van der Waals surface area contributed by atoms with Crippen molar-refractivity contribution in [3.05, 3.63) is 59.6 Å². The van der Waals surface area contributed by atoms with Gasteiger partial charge in [-0.2, -0.15) is 0 Å². The highest BCUT2D eigenvalue weighted by atomic mass is 16.5. The molecule has 3 aliphatic rings. The predicted molar refractivity (Wildman–Crippen MR) is 131 cm³/mol. The first kappa shape index (κ1) is 23.4. The molecule has 3 aromatic rings. The third kappa shape index (κ3) is 4.00. The fraction of sp³-hybridized carbons (Fsp3) is 0.385. The van der Waals surface area contributed by atoms with Gasteiger partial charge in [-0.1, -0.05) is 6.07 Å². The normalized spacial score (nSPS) is 22.1. The number of urea groups is 1. The van der Waals surface area contributed by atoms with Gasteiger partial charge in [-0.05, 0) is 29.8 Å². The van der Waals surface area contributed by atoms with Crippen LogP contribution < -0.4 is 10.1 Å². The van der Waals surface area contributed by atoms with Gasteiger partial charge in [-0.3, -0.25) is 24.4 Å². The lowest BCUT2D eigenvalue weighted by atomic mass is 9.94. The van der Waals surface area contributed by atoms with E-state index >= 15 is 0 Å². The van der Waals surface area contributed by atoms with Gasteiger partial charge >= 0.3 is 6.03 Å². The summed E-state index contributed by atoms with van der Waals surface area (Å²) in [6.07, 6.45) is 3.23. The first-order valence-corrected chi connectivity index (χ1v) is 12.2. The number of morpholine rings is 1. The van der Waals surface area contributed by atoms with Crippen molar-refractivity contribution in [2.45, 2.75) is 12.1 Å². The van der Waals surface area contributed by atoms with Gasteiger partial charge in [0, 0.05) is 56.1 Å². The number of aromatic nitrogens is 1. The summed E-state index contributed by atoms with van der Waals surface area (Å²) in [4.78, 5) is 49.7. The average molecular weight is 506 g/mol. The Hall–Kier alpha value is -3.96. The predicted octanol–water partition coefficient (Wildman–Crippen LogP) is 1.57. The molecule has 192 valence electrons. The van der Waals surface area contributed by atoms with Crippen LogP contribution in [0.3, 0.4) is 0 Å². The summed E-state index contributed by atoms with van der Waals surface area (Å²) in [6.45, 7) is 3.73. The second-order valence-electron chi connectivity index (χ2n) is 9.45. The molecule has 0 bridgehead atoms. The van der Waals surface area contributed by atoms with Crippen molar-refractivity contribution in [1.29, 1.82) is 0 Å². The lowest BCUT2D eigenvalue weighted by Crippen LogP contribution is -2.53. The molecule has 2 aromatic heterocycles. The zero-order chi connectivity index (χ0) is 25.6. The highest BCUT2D eigenvalue weighted by molar-refractivity contribution is 6.08. The Morgan fingerprint density at radius 1 is 1.11 bits per heavy atom. The minimum absolute atomic E-state index is 0.0747. The van der Waals surface area contributed by atoms with Crippen LogP contribution in [0.1, 0.15) is 21.7 Å². The number of amides is 4. The van der Waals surface area contributed by atoms with Gasteiger partial charge in [0.1, 0.15) is 17.1 Å². The van der Waals surface area contributed by atoms with Gasteiger partial charge in [0.15, 0.2) is 5.54 Å². The number of imide groups is 1. The highest BCUT2D eigenvalue weighted by Crippen LogP contribution is 2.36. The van der Waals surface area contributed by atoms with Crippen LogP contribution in [0.4, 0.5) is 4.79 Å². The molecule has 2 saturated heterocycles. The Labute approximate surface area is 212 Å². The van der Waals surface area contributed by atoms with Crippen molar-refractivity contribution in [1.82, 2.24) is 25.0 Å². The fourth-order valence-corrected chi connectivity index (χ4v) is 5.22. The molecule has 1 aromatic carbocycles. The number of benzene rings is 1. The van der Waals surface area contributed by atoms with E-state index in [9.17, 15) is 14.4 Å². The Balaban J connectivity index is 1.33. The van der Waals surface area contributed by atoms with E-state index in [0.717, 1.165) is 18.7 Å². The van der Waals surface area contributed by atoms with Gasteiger partial charge in [-0.15, -0.1) is 0 Å². The molecular formula is C26H27N5O6. The molecule has 5 heterocycles. The van der Waals surface area contributed by atoms with Crippen LogP contribution in [0.2, 0.25) is 0 Å². The highest BCUT2D eigenvalue weighted by Gasteiger charge is 2.56. The maximum atomic E-state index is 14.0. The zero-order valence-electron chi connectivity index (χ0n) is 20.4. The van der Waals surface area contributed by atoms with Crippen LogP contribution in [0.15, 0.2) is 47.1 Å². The van der Waals surface area contributed by atoms with Crippen LogP contribution in [0.25, 0.3) is 11.0 Å². The average Bonchev–Trinajstić information content (AvgIpc) is 3.56. The number of fused-ring (bicyclic) bond motifs is 2. The molecule has 1 atom stereocenters. The van der Waals surface area contributed by atoms with Crippen LogP contribution in [0, 0.1) is 0 Å². The maximum absolute atomic E-state index is 14.0. The van der Waals surface area contributed by atoms with Crippen molar-refractivity contribution >= 4 is 28.8 Å². The van der Waals surface area contributed by atoms with E-state index in [1.165, 1.54) is 4.90 Å². The SMILES string of the molecule is COc1ccc2c(c1)C(=O)N(C[C@@]1(c3cc4cnccc4o3)NC(=O)N(CCN3CCOCC3)C1=O)C2. The standard InChI is InChI=1S/C26H27N5O6/c1-35-19-3-2-17-15-30(23(32)20(17)13-19)16-26(22-12-18-14-27-5-4-21(18)37-22)24(33)31(25(34)28-26)7-6-29-8-10-36-11-9-29/h2-5,12-14H,6-11,15-16H2,1H3,(H,28,34)/t26-/m0/s1. The van der Waals surface area contributed by atoms with Gasteiger partial charge in [-0.25, -0.2) is 4.79 Å². The molecular weight excluding hydrogens is 478 g/mol. The quantitative estimate of drug-likeness (QED) is 0.481. The molecule has 0 saturated carbocycles. The van der Waals surface area contributed by atoms with E-state index in [1.54, 1.807) is 48.7 Å². The molecule has 6 rings (SSSR count). The molecule has 2 fully saturated rings. The molecule has 1 N–H and O–H groups in total. The van der Waals surface area contributed by atoms with Gasteiger partial charge in [0.2, 0.25) is 0 Å². The Kier molecular flexibility index (Phi) is 5.81. The first-order chi connectivity index (χ1) is 18.0. The number of pyridine rings is 1. The first-order valence-electron chi connectivity index (χ1n) is 12.2. The van der Waals surface area contributed by atoms with Crippen LogP contribution in [0.5, 0.6) is 5.75 Å². The summed E-state index contributed by atoms with van der Waals surface area (Å²) >= 11 is 0. The minimum atomic E-state index is -1.57. The monoisotopic (exact) mass is 505 g/mol. The van der Waals surface area contributed by atoms with Crippen molar-refractivity contribution in [3.8, 4) is 5.75 Å². The van der Waals surface area contributed by atoms with Crippen LogP contribution >= 0.6 is 0 Å². The Morgan fingerprint density at radius 3 is 2.73 bits per heavy atom. The topological polar surface area (TPSA) is 117 Å². The Morgan fingerprint density at radius 2 is 1.95 bits per heavy atom. The summed E-state index contributed by atoms with van der Waals surface area (Å²) in [7, 11) is 1.54. The third-order valence-corrected chi connectivity index (χ3v) is 7.28. The number of ether oxygens (including phenoxy) is 2. The molecule has 11 heteroatoms. The van der Waals surface area contributed by atoms with E-state index in [0.29, 0.717) is 48.6 Å². The van der Waals surface area contributed by atoms with Gasteiger partial charge < -0.3 is 24.1 Å². The number of nitrogens with zero attached hydrogens (tertiary/aromatic N) is 4. The largest absolute Gasteiger partial charge is 0.497 e. The summed E-state index contributed by atoms with van der Waals surface area (Å²) < 4.78 is 16.8. The van der Waals surface area contributed by atoms with E-state index in [-0.39, 0.29) is 24.8 Å². The molecule has 0 spiro atoms. The number of carbonyl (C=O) groups excluding carboxylic acids is 3. The molecule has 0 unspecified atom stereocenters. The molecule has 3 aliphatic heterocycles. The molecule has 11 nitrogen and oxygen atoms in total. The molecule has 0 radical (unpaired) electrons. The van der Waals surface area contributed by atoms with Crippen LogP contribution in [-0.4, -0.2) is 90.6 Å². The summed E-state index contributed by atoms with van der Waals surface area (Å²) in [6, 6.07) is 8.24. The summed E-state index contributed by atoms with van der Waals surface area (Å²) in [5, 5.41) is 3.59. The second kappa shape index (κ2) is 9.16. The van der Waals surface area contributed by atoms with E-state index < -0.39 is 17.5 Å². The Bertz CT molecular complexity index is 1350. The molecule has 0 aliphatic carbocycles. The number of hydrogen-bond donors (Lipinski definition) is 1. The lowest BCUT2D eigenvalue weighted by molar-refractivity contribution is -0.133. The van der Waals surface area contributed by atoms with Crippen molar-refractivity contribution < 1.29 is 28.3 Å². The van der Waals surface area contributed by atoms with Gasteiger partial charge in [0.25, 0.3) is 11.8 Å². The molecule has 4 amide bonds. The second-order valence-corrected chi connectivity index (χ2v) is 9.45. The van der Waals surface area contributed by atoms with E-state index in [2.05, 4.69) is 15.2 Å². The summed E-state index contributed by atoms with van der Waals surface area (Å²) in [5.41, 5.74) is 0.321. The number of carbonyl (C=O) groups is 3. The van der Waals surface area contributed by atoms with Crippen molar-refractivity contribution in [3.63, 3.8) is 0 Å².